The topological polar surface area (TPSA) is 74.9 Å². The number of hydrogen-bond donors (Lipinski definition) is 1. The number of pyridine rings is 1. The van der Waals surface area contributed by atoms with Crippen molar-refractivity contribution >= 4 is 21.8 Å². The maximum Gasteiger partial charge on any atom is 0.287 e. The third-order valence-electron chi connectivity index (χ3n) is 3.68. The summed E-state index contributed by atoms with van der Waals surface area (Å²) < 4.78 is 1.80. The second-order valence-corrected chi connectivity index (χ2v) is 5.95. The van der Waals surface area contributed by atoms with Gasteiger partial charge in [-0.15, -0.1) is 0 Å². The Morgan fingerprint density at radius 2 is 2.29 bits per heavy atom. The molecule has 1 aromatic heterocycles. The van der Waals surface area contributed by atoms with Gasteiger partial charge in [-0.1, -0.05) is 12.2 Å². The number of hydrogen-bond acceptors (Lipinski definition) is 3. The van der Waals surface area contributed by atoms with Gasteiger partial charge in [-0.3, -0.25) is 15.0 Å². The highest BCUT2D eigenvalue weighted by Gasteiger charge is 2.18. The van der Waals surface area contributed by atoms with Gasteiger partial charge in [0.2, 0.25) is 5.91 Å². The molecule has 0 aromatic carbocycles. The fourth-order valence-corrected chi connectivity index (χ4v) is 2.82. The van der Waals surface area contributed by atoms with Gasteiger partial charge in [-0.2, -0.15) is 5.26 Å². The predicted molar refractivity (Wildman–Crippen MR) is 83.4 cm³/mol. The zero-order valence-electron chi connectivity index (χ0n) is 11.9. The van der Waals surface area contributed by atoms with Gasteiger partial charge < -0.3 is 0 Å². The van der Waals surface area contributed by atoms with Crippen molar-refractivity contribution < 1.29 is 4.79 Å². The number of allylic oxidation sites excluding steroid dienone is 2. The molecule has 1 aliphatic rings. The number of carbonyl (C=O) groups is 1. The van der Waals surface area contributed by atoms with Crippen LogP contribution in [0, 0.1) is 31.1 Å². The van der Waals surface area contributed by atoms with E-state index in [1.165, 1.54) is 0 Å². The molecule has 0 saturated heterocycles. The van der Waals surface area contributed by atoms with Crippen molar-refractivity contribution in [3.63, 3.8) is 0 Å². The Bertz CT molecular complexity index is 713. The molecule has 21 heavy (non-hydrogen) atoms. The highest BCUT2D eigenvalue weighted by molar-refractivity contribution is 9.10. The zero-order chi connectivity index (χ0) is 15.6. The van der Waals surface area contributed by atoms with Crippen LogP contribution in [-0.4, -0.2) is 10.6 Å². The number of nitrogens with zero attached hydrogens (tertiary/aromatic N) is 2. The van der Waals surface area contributed by atoms with Crippen LogP contribution in [0.1, 0.15) is 36.1 Å². The third-order valence-corrected chi connectivity index (χ3v) is 4.85. The Hall–Kier alpha value is -1.87. The fourth-order valence-electron chi connectivity index (χ4n) is 2.44. The summed E-state index contributed by atoms with van der Waals surface area (Å²) in [5, 5.41) is 9.10. The monoisotopic (exact) mass is 349 g/mol. The average molecular weight is 350 g/mol. The molecule has 1 aromatic rings. The number of aromatic nitrogens is 1. The van der Waals surface area contributed by atoms with Crippen LogP contribution in [0.15, 0.2) is 21.4 Å². The molecular formula is C15H16BrN3O2. The highest BCUT2D eigenvalue weighted by Crippen LogP contribution is 2.22. The van der Waals surface area contributed by atoms with Crippen LogP contribution in [0.5, 0.6) is 0 Å². The Labute approximate surface area is 131 Å². The van der Waals surface area contributed by atoms with Gasteiger partial charge in [0.25, 0.3) is 5.56 Å². The van der Waals surface area contributed by atoms with E-state index in [9.17, 15) is 9.59 Å². The summed E-state index contributed by atoms with van der Waals surface area (Å²) in [5.74, 6) is 0.00160. The Morgan fingerprint density at radius 1 is 1.57 bits per heavy atom. The van der Waals surface area contributed by atoms with Crippen molar-refractivity contribution in [1.82, 2.24) is 4.68 Å². The van der Waals surface area contributed by atoms with Gasteiger partial charge in [0.05, 0.1) is 5.69 Å². The van der Waals surface area contributed by atoms with Crippen LogP contribution in [0.3, 0.4) is 0 Å². The van der Waals surface area contributed by atoms with E-state index in [-0.39, 0.29) is 17.4 Å². The lowest BCUT2D eigenvalue weighted by atomic mass is 10.1. The SMILES string of the molecule is Cc1c(Br)c(C)n(NC(=O)CC2C=CCC2)c(=O)c1C#N. The van der Waals surface area contributed by atoms with Crippen LogP contribution >= 0.6 is 15.9 Å². The first-order chi connectivity index (χ1) is 9.95. The summed E-state index contributed by atoms with van der Waals surface area (Å²) >= 11 is 3.36. The first-order valence-electron chi connectivity index (χ1n) is 6.74. The minimum atomic E-state index is -0.494. The van der Waals surface area contributed by atoms with Gasteiger partial charge in [0, 0.05) is 10.9 Å². The molecule has 1 amide bonds. The molecule has 0 bridgehead atoms. The summed E-state index contributed by atoms with van der Waals surface area (Å²) in [6.07, 6.45) is 6.39. The van der Waals surface area contributed by atoms with Crippen molar-refractivity contribution in [1.29, 1.82) is 5.26 Å². The zero-order valence-corrected chi connectivity index (χ0v) is 13.5. The Kier molecular flexibility index (Phi) is 4.63. The van der Waals surface area contributed by atoms with E-state index in [2.05, 4.69) is 27.4 Å². The van der Waals surface area contributed by atoms with Crippen molar-refractivity contribution in [2.75, 3.05) is 5.43 Å². The molecule has 1 N–H and O–H groups in total. The number of carbonyl (C=O) groups excluding carboxylic acids is 1. The summed E-state index contributed by atoms with van der Waals surface area (Å²) in [7, 11) is 0. The maximum atomic E-state index is 12.3. The molecule has 0 fully saturated rings. The maximum absolute atomic E-state index is 12.3. The standard InChI is InChI=1S/C15H16BrN3O2/c1-9-12(8-17)15(21)19(10(2)14(9)16)18-13(20)7-11-5-3-4-6-11/h3,5,11H,4,6-7H2,1-2H3,(H,18,20). The Balaban J connectivity index is 2.30. The molecule has 5 nitrogen and oxygen atoms in total. The third kappa shape index (κ3) is 3.08. The number of rotatable bonds is 3. The molecule has 0 saturated carbocycles. The van der Waals surface area contributed by atoms with Crippen LogP contribution in [0.4, 0.5) is 0 Å². The van der Waals surface area contributed by atoms with Crippen LogP contribution < -0.4 is 11.0 Å². The van der Waals surface area contributed by atoms with Gasteiger partial charge in [-0.05, 0) is 54.1 Å². The van der Waals surface area contributed by atoms with E-state index in [1.807, 2.05) is 12.1 Å². The van der Waals surface area contributed by atoms with Crippen LogP contribution in [-0.2, 0) is 4.79 Å². The molecule has 110 valence electrons. The molecule has 2 rings (SSSR count). The van der Waals surface area contributed by atoms with Crippen molar-refractivity contribution in [2.24, 2.45) is 5.92 Å². The van der Waals surface area contributed by atoms with E-state index in [4.69, 9.17) is 5.26 Å². The molecule has 1 aliphatic carbocycles. The molecule has 0 radical (unpaired) electrons. The van der Waals surface area contributed by atoms with Crippen molar-refractivity contribution in [3.8, 4) is 6.07 Å². The highest BCUT2D eigenvalue weighted by atomic mass is 79.9. The van der Waals surface area contributed by atoms with E-state index in [0.29, 0.717) is 22.2 Å². The smallest absolute Gasteiger partial charge is 0.273 e. The lowest BCUT2D eigenvalue weighted by Crippen LogP contribution is -2.37. The summed E-state index contributed by atoms with van der Waals surface area (Å²) in [5.41, 5.74) is 3.30. The van der Waals surface area contributed by atoms with Crippen LogP contribution in [0.2, 0.25) is 0 Å². The molecule has 0 spiro atoms. The molecular weight excluding hydrogens is 334 g/mol. The number of halogens is 1. The van der Waals surface area contributed by atoms with Crippen molar-refractivity contribution in [3.05, 3.63) is 43.8 Å². The van der Waals surface area contributed by atoms with E-state index >= 15 is 0 Å². The summed E-state index contributed by atoms with van der Waals surface area (Å²) in [6.45, 7) is 3.42. The first kappa shape index (κ1) is 15.5. The largest absolute Gasteiger partial charge is 0.287 e. The summed E-state index contributed by atoms with van der Waals surface area (Å²) in [6, 6.07) is 1.89. The predicted octanol–water partition coefficient (Wildman–Crippen LogP) is 2.53. The molecule has 1 heterocycles. The van der Waals surface area contributed by atoms with E-state index < -0.39 is 5.56 Å². The minimum absolute atomic E-state index is 0.0357. The number of nitrogens with one attached hydrogen (secondary N) is 1. The molecule has 1 unspecified atom stereocenters. The first-order valence-corrected chi connectivity index (χ1v) is 7.53. The molecule has 6 heteroatoms. The lowest BCUT2D eigenvalue weighted by Gasteiger charge is -2.16. The quantitative estimate of drug-likeness (QED) is 0.852. The van der Waals surface area contributed by atoms with Gasteiger partial charge in [0.1, 0.15) is 11.6 Å². The van der Waals surface area contributed by atoms with Crippen molar-refractivity contribution in [2.45, 2.75) is 33.1 Å². The van der Waals surface area contributed by atoms with Gasteiger partial charge in [-0.25, -0.2) is 4.68 Å². The van der Waals surface area contributed by atoms with E-state index in [0.717, 1.165) is 17.5 Å². The second-order valence-electron chi connectivity index (χ2n) is 5.16. The lowest BCUT2D eigenvalue weighted by molar-refractivity contribution is -0.117. The second kappa shape index (κ2) is 6.27. The number of nitriles is 1. The number of amides is 1. The Morgan fingerprint density at radius 3 is 2.86 bits per heavy atom. The van der Waals surface area contributed by atoms with Gasteiger partial charge >= 0.3 is 0 Å². The van der Waals surface area contributed by atoms with Crippen LogP contribution in [0.25, 0.3) is 0 Å². The van der Waals surface area contributed by atoms with E-state index in [1.54, 1.807) is 13.8 Å². The molecule has 1 atom stereocenters. The average Bonchev–Trinajstić information content (AvgIpc) is 2.95. The molecule has 0 aliphatic heterocycles. The fraction of sp³-hybridized carbons (Fsp3) is 0.400. The minimum Gasteiger partial charge on any atom is -0.273 e. The summed E-state index contributed by atoms with van der Waals surface area (Å²) in [4.78, 5) is 24.3. The normalized spacial score (nSPS) is 16.8. The van der Waals surface area contributed by atoms with Gasteiger partial charge in [0.15, 0.2) is 0 Å².